The Kier molecular flexibility index (Phi) is 12.2. The molecule has 190 valence electrons. The minimum atomic E-state index is -1.96. The van der Waals surface area contributed by atoms with E-state index in [9.17, 15) is 38.4 Å². The number of amides is 3. The molecule has 0 aromatic carbocycles. The average Bonchev–Trinajstić information content (AvgIpc) is 2.68. The Labute approximate surface area is 190 Å². The van der Waals surface area contributed by atoms with Gasteiger partial charge < -0.3 is 47.2 Å². The molecule has 17 nitrogen and oxygen atoms in total. The molecule has 4 atom stereocenters. The van der Waals surface area contributed by atoms with E-state index in [2.05, 4.69) is 0 Å². The van der Waals surface area contributed by atoms with Gasteiger partial charge in [-0.2, -0.15) is 0 Å². The van der Waals surface area contributed by atoms with Crippen molar-refractivity contribution < 1.29 is 63.9 Å². The molecule has 0 heterocycles. The van der Waals surface area contributed by atoms with Crippen LogP contribution in [0.25, 0.3) is 0 Å². The van der Waals surface area contributed by atoms with Crippen LogP contribution < -0.4 is 21.7 Å². The van der Waals surface area contributed by atoms with Gasteiger partial charge in [0.15, 0.2) is 0 Å². The van der Waals surface area contributed by atoms with E-state index >= 15 is 0 Å². The molecule has 34 heavy (non-hydrogen) atoms. The van der Waals surface area contributed by atoms with Gasteiger partial charge in [-0.15, -0.1) is 0 Å². The van der Waals surface area contributed by atoms with Crippen molar-refractivity contribution >= 4 is 47.6 Å². The summed E-state index contributed by atoms with van der Waals surface area (Å²) in [6.07, 6.45) is -4.22. The van der Waals surface area contributed by atoms with E-state index < -0.39 is 104 Å². The lowest BCUT2D eigenvalue weighted by Gasteiger charge is -2.24. The normalized spacial score (nSPS) is 13.9. The molecule has 10 N–H and O–H groups in total. The molecule has 0 aromatic heterocycles. The minimum Gasteiger partial charge on any atom is -0.481 e. The van der Waals surface area contributed by atoms with Crippen LogP contribution in [0.15, 0.2) is 0 Å². The number of carboxylic acid groups (broad SMARTS) is 5. The van der Waals surface area contributed by atoms with Gasteiger partial charge in [-0.3, -0.25) is 33.6 Å². The summed E-state index contributed by atoms with van der Waals surface area (Å²) in [7, 11) is 0. The topological polar surface area (TPSA) is 300 Å². The van der Waals surface area contributed by atoms with Crippen molar-refractivity contribution in [3.8, 4) is 0 Å². The lowest BCUT2D eigenvalue weighted by molar-refractivity contribution is -0.148. The quantitative estimate of drug-likeness (QED) is 0.0996. The number of carboxylic acids is 5. The third-order valence-corrected chi connectivity index (χ3v) is 4.02. The van der Waals surface area contributed by atoms with Crippen molar-refractivity contribution in [2.75, 3.05) is 0 Å². The number of hydrogen-bond donors (Lipinski definition) is 9. The molecule has 0 fully saturated rings. The molecule has 0 unspecified atom stereocenters. The van der Waals surface area contributed by atoms with Crippen molar-refractivity contribution in [2.45, 2.75) is 56.3 Å². The molecule has 0 bridgehead atoms. The average molecular weight is 492 g/mol. The Morgan fingerprint density at radius 1 is 0.559 bits per heavy atom. The summed E-state index contributed by atoms with van der Waals surface area (Å²) in [6.45, 7) is 0. The molecule has 0 rings (SSSR count). The van der Waals surface area contributed by atoms with Crippen LogP contribution in [0.5, 0.6) is 0 Å². The summed E-state index contributed by atoms with van der Waals surface area (Å²) in [5.41, 5.74) is 5.37. The van der Waals surface area contributed by atoms with Crippen molar-refractivity contribution in [1.82, 2.24) is 16.0 Å². The maximum absolute atomic E-state index is 12.6. The summed E-state index contributed by atoms with van der Waals surface area (Å²) in [5.74, 6) is -11.6. The molecule has 3 amide bonds. The van der Waals surface area contributed by atoms with Crippen LogP contribution in [0.4, 0.5) is 0 Å². The molecule has 0 aliphatic carbocycles. The summed E-state index contributed by atoms with van der Waals surface area (Å²) < 4.78 is 0. The van der Waals surface area contributed by atoms with Crippen molar-refractivity contribution in [3.63, 3.8) is 0 Å². The van der Waals surface area contributed by atoms with E-state index in [0.717, 1.165) is 0 Å². The van der Waals surface area contributed by atoms with Gasteiger partial charge in [-0.05, 0) is 6.42 Å². The number of nitrogens with two attached hydrogens (primary N) is 1. The first-order valence-corrected chi connectivity index (χ1v) is 9.40. The number of nitrogens with one attached hydrogen (secondary N) is 3. The zero-order chi connectivity index (χ0) is 26.6. The molecule has 0 spiro atoms. The van der Waals surface area contributed by atoms with Gasteiger partial charge in [0.2, 0.25) is 17.7 Å². The van der Waals surface area contributed by atoms with Crippen LogP contribution in [0.3, 0.4) is 0 Å². The lowest BCUT2D eigenvalue weighted by Crippen LogP contribution is -2.57. The van der Waals surface area contributed by atoms with Crippen molar-refractivity contribution in [1.29, 1.82) is 0 Å². The van der Waals surface area contributed by atoms with Crippen LogP contribution in [0.1, 0.15) is 32.1 Å². The summed E-state index contributed by atoms with van der Waals surface area (Å²) >= 11 is 0. The summed E-state index contributed by atoms with van der Waals surface area (Å²) in [4.78, 5) is 91.4. The van der Waals surface area contributed by atoms with Gasteiger partial charge >= 0.3 is 29.8 Å². The fourth-order valence-electron chi connectivity index (χ4n) is 2.40. The summed E-state index contributed by atoms with van der Waals surface area (Å²) in [5, 5.41) is 49.9. The second-order valence-corrected chi connectivity index (χ2v) is 6.85. The number of carbonyl (C=O) groups is 8. The molecule has 0 aromatic rings. The fraction of sp³-hybridized carbons (Fsp3) is 0.529. The SMILES string of the molecule is N[C@@H](CC(=O)O)C(=O)N[C@@H](CCC(=O)O)C(=O)N[C@@H](CC(=O)O)C(=O)N[C@@H](CC(=O)O)C(=O)O. The first-order valence-electron chi connectivity index (χ1n) is 9.40. The van der Waals surface area contributed by atoms with E-state index in [1.807, 2.05) is 10.6 Å². The zero-order valence-corrected chi connectivity index (χ0v) is 17.4. The van der Waals surface area contributed by atoms with E-state index in [1.165, 1.54) is 0 Å². The molecule has 17 heteroatoms. The number of carbonyl (C=O) groups excluding carboxylic acids is 3. The van der Waals surface area contributed by atoms with E-state index in [4.69, 9.17) is 31.3 Å². The van der Waals surface area contributed by atoms with Crippen LogP contribution in [0, 0.1) is 0 Å². The van der Waals surface area contributed by atoms with Gasteiger partial charge in [0, 0.05) is 6.42 Å². The first kappa shape index (κ1) is 29.7. The van der Waals surface area contributed by atoms with E-state index in [1.54, 1.807) is 5.32 Å². The number of rotatable bonds is 16. The first-order chi connectivity index (χ1) is 15.6. The highest BCUT2D eigenvalue weighted by molar-refractivity contribution is 5.96. The van der Waals surface area contributed by atoms with Gasteiger partial charge in [-0.1, -0.05) is 0 Å². The third-order valence-electron chi connectivity index (χ3n) is 4.02. The second kappa shape index (κ2) is 14.0. The van der Waals surface area contributed by atoms with Crippen LogP contribution in [0.2, 0.25) is 0 Å². The Morgan fingerprint density at radius 2 is 0.971 bits per heavy atom. The predicted octanol–water partition coefficient (Wildman–Crippen LogP) is -3.86. The Hall–Kier alpha value is -4.28. The largest absolute Gasteiger partial charge is 0.481 e. The maximum atomic E-state index is 12.6. The van der Waals surface area contributed by atoms with Gasteiger partial charge in [0.25, 0.3) is 0 Å². The van der Waals surface area contributed by atoms with Crippen LogP contribution in [-0.4, -0.2) is 97.3 Å². The molecule has 0 aliphatic heterocycles. The molecule has 0 saturated carbocycles. The predicted molar refractivity (Wildman–Crippen MR) is 105 cm³/mol. The lowest BCUT2D eigenvalue weighted by atomic mass is 10.1. The Bertz CT molecular complexity index is 843. The molecule has 0 saturated heterocycles. The van der Waals surface area contributed by atoms with E-state index in [0.29, 0.717) is 0 Å². The monoisotopic (exact) mass is 492 g/mol. The van der Waals surface area contributed by atoms with Crippen LogP contribution >= 0.6 is 0 Å². The highest BCUT2D eigenvalue weighted by atomic mass is 16.4. The fourth-order valence-corrected chi connectivity index (χ4v) is 2.40. The van der Waals surface area contributed by atoms with Crippen molar-refractivity contribution in [2.24, 2.45) is 5.73 Å². The molecule has 0 aliphatic rings. The molecular weight excluding hydrogens is 468 g/mol. The van der Waals surface area contributed by atoms with Crippen molar-refractivity contribution in [3.05, 3.63) is 0 Å². The number of aliphatic carboxylic acids is 5. The zero-order valence-electron chi connectivity index (χ0n) is 17.4. The van der Waals surface area contributed by atoms with Gasteiger partial charge in [-0.25, -0.2) is 4.79 Å². The second-order valence-electron chi connectivity index (χ2n) is 6.85. The minimum absolute atomic E-state index is 0.565. The smallest absolute Gasteiger partial charge is 0.326 e. The maximum Gasteiger partial charge on any atom is 0.326 e. The third kappa shape index (κ3) is 11.9. The number of hydrogen-bond acceptors (Lipinski definition) is 9. The Morgan fingerprint density at radius 3 is 1.41 bits per heavy atom. The summed E-state index contributed by atoms with van der Waals surface area (Å²) in [6, 6.07) is -7.22. The molecular formula is C17H24N4O13. The van der Waals surface area contributed by atoms with Gasteiger partial charge in [0.1, 0.15) is 18.1 Å². The highest BCUT2D eigenvalue weighted by Gasteiger charge is 2.32. The van der Waals surface area contributed by atoms with E-state index in [-0.39, 0.29) is 0 Å². The molecule has 0 radical (unpaired) electrons. The Balaban J connectivity index is 5.62. The van der Waals surface area contributed by atoms with Crippen LogP contribution in [-0.2, 0) is 38.4 Å². The standard InChI is InChI=1S/C17H24N4O13/c18-6(3-11(24)25)14(30)19-7(1-2-10(22)23)15(31)20-8(4-12(26)27)16(32)21-9(17(33)34)5-13(28)29/h6-9H,1-5,18H2,(H,19,30)(H,20,31)(H,21,32)(H,22,23)(H,24,25)(H,26,27)(H,28,29)(H,33,34)/t6-,7-,8-,9-/m0/s1. The van der Waals surface area contributed by atoms with Gasteiger partial charge in [0.05, 0.1) is 25.3 Å². The highest BCUT2D eigenvalue weighted by Crippen LogP contribution is 2.04.